The van der Waals surface area contributed by atoms with Crippen LogP contribution in [0.1, 0.15) is 60.5 Å². The molecule has 0 saturated heterocycles. The summed E-state index contributed by atoms with van der Waals surface area (Å²) in [5, 5.41) is 6.18. The molecule has 0 spiro atoms. The van der Waals surface area contributed by atoms with Gasteiger partial charge in [-0.3, -0.25) is 0 Å². The van der Waals surface area contributed by atoms with Crippen LogP contribution in [0, 0.1) is 5.92 Å². The van der Waals surface area contributed by atoms with Gasteiger partial charge in [0.25, 0.3) is 0 Å². The van der Waals surface area contributed by atoms with Crippen LogP contribution in [0.2, 0.25) is 0 Å². The fourth-order valence-corrected chi connectivity index (χ4v) is 8.58. The SMILES string of the molecule is CC1C(c2cccc(-c3ccc4cc(-c5ccc6c(c5)C(C)(C)c5ccccc5-6)ccc4c3)c2)=CC=C2NCC(N)c3cccc(c3)C21. The third-order valence-electron chi connectivity index (χ3n) is 11.3. The van der Waals surface area contributed by atoms with Crippen LogP contribution in [0.3, 0.4) is 0 Å². The van der Waals surface area contributed by atoms with Crippen LogP contribution in [-0.4, -0.2) is 6.54 Å². The highest BCUT2D eigenvalue weighted by atomic mass is 14.9. The average Bonchev–Trinajstić information content (AvgIpc) is 3.35. The van der Waals surface area contributed by atoms with Crippen LogP contribution in [-0.2, 0) is 5.41 Å². The molecule has 6 aromatic carbocycles. The molecule has 3 aliphatic rings. The maximum Gasteiger partial charge on any atom is 0.0470 e. The summed E-state index contributed by atoms with van der Waals surface area (Å²) in [6.45, 7) is 7.81. The minimum atomic E-state index is -0.00254. The number of hydrogen-bond acceptors (Lipinski definition) is 2. The first-order valence-electron chi connectivity index (χ1n) is 17.3. The van der Waals surface area contributed by atoms with Gasteiger partial charge in [0.05, 0.1) is 0 Å². The molecule has 2 heteroatoms. The molecule has 3 atom stereocenters. The number of nitrogens with one attached hydrogen (secondary N) is 1. The van der Waals surface area contributed by atoms with Gasteiger partial charge in [-0.05, 0) is 114 Å². The van der Waals surface area contributed by atoms with Gasteiger partial charge in [0.1, 0.15) is 0 Å². The van der Waals surface area contributed by atoms with E-state index in [4.69, 9.17) is 5.73 Å². The number of hydrogen-bond donors (Lipinski definition) is 2. The van der Waals surface area contributed by atoms with Crippen LogP contribution < -0.4 is 11.1 Å². The molecule has 234 valence electrons. The quantitative estimate of drug-likeness (QED) is 0.207. The Kier molecular flexibility index (Phi) is 6.61. The molecule has 3 N–H and O–H groups in total. The van der Waals surface area contributed by atoms with E-state index < -0.39 is 0 Å². The molecule has 0 saturated carbocycles. The van der Waals surface area contributed by atoms with E-state index in [0.717, 1.165) is 6.54 Å². The predicted octanol–water partition coefficient (Wildman–Crippen LogP) is 10.8. The van der Waals surface area contributed by atoms with E-state index in [2.05, 4.69) is 166 Å². The second-order valence-corrected chi connectivity index (χ2v) is 14.5. The predicted molar refractivity (Wildman–Crippen MR) is 202 cm³/mol. The molecule has 0 aromatic heterocycles. The van der Waals surface area contributed by atoms with Crippen LogP contribution in [0.4, 0.5) is 0 Å². The lowest BCUT2D eigenvalue weighted by Crippen LogP contribution is -2.33. The normalized spacial score (nSPS) is 20.4. The van der Waals surface area contributed by atoms with Gasteiger partial charge in [-0.15, -0.1) is 0 Å². The summed E-state index contributed by atoms with van der Waals surface area (Å²) in [4.78, 5) is 0. The van der Waals surface area contributed by atoms with Crippen LogP contribution in [0.25, 0.3) is 49.7 Å². The topological polar surface area (TPSA) is 38.0 Å². The van der Waals surface area contributed by atoms with Gasteiger partial charge >= 0.3 is 0 Å². The first-order valence-corrected chi connectivity index (χ1v) is 17.3. The number of allylic oxidation sites excluding steroid dienone is 4. The van der Waals surface area contributed by atoms with Crippen molar-refractivity contribution in [2.45, 2.75) is 38.1 Å². The van der Waals surface area contributed by atoms with E-state index in [0.29, 0.717) is 5.92 Å². The van der Waals surface area contributed by atoms with Crippen molar-refractivity contribution >= 4 is 16.3 Å². The molecule has 0 radical (unpaired) electrons. The zero-order chi connectivity index (χ0) is 32.6. The van der Waals surface area contributed by atoms with Crippen molar-refractivity contribution in [2.75, 3.05) is 6.54 Å². The Morgan fingerprint density at radius 2 is 1.23 bits per heavy atom. The van der Waals surface area contributed by atoms with Gasteiger partial charge in [-0.1, -0.05) is 130 Å². The Morgan fingerprint density at radius 1 is 0.583 bits per heavy atom. The highest BCUT2D eigenvalue weighted by Gasteiger charge is 2.35. The Bertz CT molecular complexity index is 2320. The fourth-order valence-electron chi connectivity index (χ4n) is 8.58. The van der Waals surface area contributed by atoms with Gasteiger partial charge in [-0.25, -0.2) is 0 Å². The van der Waals surface area contributed by atoms with E-state index in [9.17, 15) is 0 Å². The van der Waals surface area contributed by atoms with Crippen molar-refractivity contribution < 1.29 is 0 Å². The van der Waals surface area contributed by atoms with Crippen molar-refractivity contribution in [3.8, 4) is 33.4 Å². The van der Waals surface area contributed by atoms with Crippen LogP contribution >= 0.6 is 0 Å². The number of benzene rings is 6. The molecule has 1 aliphatic heterocycles. The second-order valence-electron chi connectivity index (χ2n) is 14.5. The zero-order valence-electron chi connectivity index (χ0n) is 27.8. The summed E-state index contributed by atoms with van der Waals surface area (Å²) in [6.07, 6.45) is 4.58. The standard InChI is InChI=1S/C46H40N2/c1-28-38(20-21-44-45(28)37-11-7-10-36(25-37)43(47)27-48-44)35-9-6-8-29(24-35)30-14-15-32-23-33(17-16-31(32)22-30)34-18-19-40-39-12-4-5-13-41(39)46(2,3)42(40)26-34/h4-26,28,43,45,48H,27,47H2,1-3H3. The number of rotatable bonds is 3. The largest absolute Gasteiger partial charge is 0.386 e. The molecule has 48 heavy (non-hydrogen) atoms. The van der Waals surface area contributed by atoms with Crippen molar-refractivity contribution in [2.24, 2.45) is 11.7 Å². The summed E-state index contributed by atoms with van der Waals surface area (Å²) < 4.78 is 0. The molecule has 0 amide bonds. The Labute approximate surface area is 283 Å². The van der Waals surface area contributed by atoms with Gasteiger partial charge in [-0.2, -0.15) is 0 Å². The highest BCUT2D eigenvalue weighted by molar-refractivity contribution is 5.92. The number of fused-ring (bicyclic) bond motifs is 8. The maximum atomic E-state index is 6.46. The van der Waals surface area contributed by atoms with Gasteiger partial charge in [0.15, 0.2) is 0 Å². The lowest BCUT2D eigenvalue weighted by molar-refractivity contribution is 0.539. The molecule has 3 unspecified atom stereocenters. The molecular formula is C46H40N2. The van der Waals surface area contributed by atoms with E-state index >= 15 is 0 Å². The van der Waals surface area contributed by atoms with E-state index in [-0.39, 0.29) is 17.4 Å². The molecular weight excluding hydrogens is 581 g/mol. The summed E-state index contributed by atoms with van der Waals surface area (Å²) in [5.41, 5.74) is 23.5. The zero-order valence-corrected chi connectivity index (χ0v) is 27.8. The summed E-state index contributed by atoms with van der Waals surface area (Å²) >= 11 is 0. The average molecular weight is 621 g/mol. The van der Waals surface area contributed by atoms with E-state index in [1.807, 2.05) is 0 Å². The fraction of sp³-hybridized carbons (Fsp3) is 0.174. The van der Waals surface area contributed by atoms with E-state index in [1.54, 1.807) is 0 Å². The van der Waals surface area contributed by atoms with Crippen LogP contribution in [0.15, 0.2) is 145 Å². The first kappa shape index (κ1) is 29.0. The Balaban J connectivity index is 1.02. The summed E-state index contributed by atoms with van der Waals surface area (Å²) in [6, 6.07) is 47.6. The molecule has 1 heterocycles. The third kappa shape index (κ3) is 4.58. The summed E-state index contributed by atoms with van der Waals surface area (Å²) in [7, 11) is 0. The maximum absolute atomic E-state index is 6.46. The summed E-state index contributed by atoms with van der Waals surface area (Å²) in [5.74, 6) is 0.606. The third-order valence-corrected chi connectivity index (χ3v) is 11.3. The molecule has 2 bridgehead atoms. The van der Waals surface area contributed by atoms with Crippen molar-refractivity contribution in [1.82, 2.24) is 5.32 Å². The smallest absolute Gasteiger partial charge is 0.0470 e. The van der Waals surface area contributed by atoms with E-state index in [1.165, 1.54) is 83.2 Å². The minimum absolute atomic E-state index is 0.00238. The lowest BCUT2D eigenvalue weighted by atomic mass is 9.74. The molecule has 2 nitrogen and oxygen atoms in total. The lowest BCUT2D eigenvalue weighted by Gasteiger charge is -2.35. The van der Waals surface area contributed by atoms with Gasteiger partial charge in [0.2, 0.25) is 0 Å². The molecule has 6 aromatic rings. The molecule has 0 fully saturated rings. The monoisotopic (exact) mass is 620 g/mol. The Morgan fingerprint density at radius 3 is 2.04 bits per heavy atom. The van der Waals surface area contributed by atoms with Crippen LogP contribution in [0.5, 0.6) is 0 Å². The first-order chi connectivity index (χ1) is 23.3. The molecule has 9 rings (SSSR count). The van der Waals surface area contributed by atoms with Crippen molar-refractivity contribution in [3.05, 3.63) is 173 Å². The van der Waals surface area contributed by atoms with Gasteiger partial charge in [0, 0.05) is 29.6 Å². The van der Waals surface area contributed by atoms with Gasteiger partial charge < -0.3 is 11.1 Å². The highest BCUT2D eigenvalue weighted by Crippen LogP contribution is 2.50. The molecule has 2 aliphatic carbocycles. The Hall–Kier alpha value is -5.18. The second kappa shape index (κ2) is 10.9. The van der Waals surface area contributed by atoms with Crippen molar-refractivity contribution in [1.29, 1.82) is 0 Å². The number of nitrogens with two attached hydrogens (primary N) is 1. The minimum Gasteiger partial charge on any atom is -0.386 e. The van der Waals surface area contributed by atoms with Crippen molar-refractivity contribution in [3.63, 3.8) is 0 Å².